The van der Waals surface area contributed by atoms with Gasteiger partial charge in [0.05, 0.1) is 11.8 Å². The van der Waals surface area contributed by atoms with Crippen molar-refractivity contribution in [2.45, 2.75) is 71.8 Å². The van der Waals surface area contributed by atoms with Crippen LogP contribution in [0.1, 0.15) is 66.2 Å². The molecule has 0 aromatic rings. The van der Waals surface area contributed by atoms with Crippen molar-refractivity contribution < 1.29 is 19.1 Å². The fraction of sp³-hybridized carbons (Fsp3) is 0.867. The summed E-state index contributed by atoms with van der Waals surface area (Å²) in [7, 11) is 0. The molecule has 0 saturated heterocycles. The van der Waals surface area contributed by atoms with Crippen LogP contribution in [0.2, 0.25) is 0 Å². The highest BCUT2D eigenvalue weighted by molar-refractivity contribution is 5.76. The van der Waals surface area contributed by atoms with Gasteiger partial charge < -0.3 is 9.47 Å². The molecule has 0 N–H and O–H groups in total. The molecule has 1 aliphatic rings. The van der Waals surface area contributed by atoms with Crippen LogP contribution in [0, 0.1) is 5.41 Å². The smallest absolute Gasteiger partial charge is 0.311 e. The highest BCUT2D eigenvalue weighted by atomic mass is 16.6. The van der Waals surface area contributed by atoms with Crippen LogP contribution in [0.25, 0.3) is 0 Å². The van der Waals surface area contributed by atoms with E-state index in [4.69, 9.17) is 9.47 Å². The summed E-state index contributed by atoms with van der Waals surface area (Å²) in [5, 5.41) is 0. The molecule has 0 aliphatic heterocycles. The van der Waals surface area contributed by atoms with Crippen LogP contribution in [-0.4, -0.2) is 24.1 Å². The first kappa shape index (κ1) is 16.0. The second-order valence-corrected chi connectivity index (χ2v) is 6.25. The molecule has 0 atom stereocenters. The van der Waals surface area contributed by atoms with Crippen LogP contribution < -0.4 is 0 Å². The van der Waals surface area contributed by atoms with Gasteiger partial charge in [0.25, 0.3) is 0 Å². The molecule has 0 spiro atoms. The van der Waals surface area contributed by atoms with Crippen LogP contribution >= 0.6 is 0 Å². The second kappa shape index (κ2) is 6.40. The third-order valence-corrected chi connectivity index (χ3v) is 4.00. The molecule has 0 aromatic carbocycles. The number of ether oxygens (including phenoxy) is 2. The van der Waals surface area contributed by atoms with E-state index in [1.54, 1.807) is 0 Å². The predicted octanol–water partition coefficient (Wildman–Crippen LogP) is 3.23. The van der Waals surface area contributed by atoms with Gasteiger partial charge in [0.1, 0.15) is 12.2 Å². The first-order chi connectivity index (χ1) is 8.79. The Kier molecular flexibility index (Phi) is 5.39. The predicted molar refractivity (Wildman–Crippen MR) is 72.6 cm³/mol. The first-order valence-corrected chi connectivity index (χ1v) is 7.18. The molecule has 0 heterocycles. The summed E-state index contributed by atoms with van der Waals surface area (Å²) in [6, 6.07) is 0. The van der Waals surface area contributed by atoms with Gasteiger partial charge in [-0.05, 0) is 52.9 Å². The Bertz CT molecular complexity index is 327. The zero-order valence-electron chi connectivity index (χ0n) is 12.6. The number of carbonyl (C=O) groups is 2. The van der Waals surface area contributed by atoms with Gasteiger partial charge in [-0.15, -0.1) is 0 Å². The summed E-state index contributed by atoms with van der Waals surface area (Å²) in [5.74, 6) is -0.526. The van der Waals surface area contributed by atoms with Gasteiger partial charge in [-0.25, -0.2) is 0 Å². The topological polar surface area (TPSA) is 52.6 Å². The fourth-order valence-electron chi connectivity index (χ4n) is 2.12. The van der Waals surface area contributed by atoms with Crippen LogP contribution in [-0.2, 0) is 19.1 Å². The molecule has 0 aromatic heterocycles. The largest absolute Gasteiger partial charge is 0.465 e. The lowest BCUT2D eigenvalue weighted by molar-refractivity contribution is -0.162. The van der Waals surface area contributed by atoms with E-state index < -0.39 is 5.41 Å². The average molecular weight is 270 g/mol. The van der Waals surface area contributed by atoms with Gasteiger partial charge in [-0.2, -0.15) is 0 Å². The molecule has 4 heteroatoms. The third kappa shape index (κ3) is 4.84. The molecule has 0 radical (unpaired) electrons. The summed E-state index contributed by atoms with van der Waals surface area (Å²) in [6.45, 7) is 7.71. The molecule has 1 saturated carbocycles. The van der Waals surface area contributed by atoms with Gasteiger partial charge in [0, 0.05) is 0 Å². The molecular weight excluding hydrogens is 244 g/mol. The molecular formula is C15H26O4. The van der Waals surface area contributed by atoms with Gasteiger partial charge in [-0.3, -0.25) is 9.59 Å². The van der Waals surface area contributed by atoms with Crippen LogP contribution in [0.4, 0.5) is 0 Å². The van der Waals surface area contributed by atoms with Gasteiger partial charge >= 0.3 is 11.9 Å². The number of hydrogen-bond acceptors (Lipinski definition) is 4. The summed E-state index contributed by atoms with van der Waals surface area (Å²) in [6.07, 6.45) is 4.95. The highest BCUT2D eigenvalue weighted by Gasteiger charge is 2.32. The maximum atomic E-state index is 11.7. The standard InChI is InChI=1S/C15H26O4/c1-5-14(2,3)13(17)18-11-8-12(16)19-15(4)9-6-7-10-15/h5-11H2,1-4H3. The van der Waals surface area contributed by atoms with Crippen molar-refractivity contribution in [1.29, 1.82) is 0 Å². The summed E-state index contributed by atoms with van der Waals surface area (Å²) < 4.78 is 10.6. The van der Waals surface area contributed by atoms with E-state index in [2.05, 4.69) is 0 Å². The minimum absolute atomic E-state index is 0.108. The van der Waals surface area contributed by atoms with Crippen LogP contribution in [0.15, 0.2) is 0 Å². The molecule has 0 amide bonds. The first-order valence-electron chi connectivity index (χ1n) is 7.18. The summed E-state index contributed by atoms with van der Waals surface area (Å²) in [4.78, 5) is 23.4. The fourth-order valence-corrected chi connectivity index (χ4v) is 2.12. The molecule has 1 aliphatic carbocycles. The second-order valence-electron chi connectivity index (χ2n) is 6.25. The molecule has 0 unspecified atom stereocenters. The Hall–Kier alpha value is -1.06. The third-order valence-electron chi connectivity index (χ3n) is 4.00. The van der Waals surface area contributed by atoms with Crippen molar-refractivity contribution in [3.8, 4) is 0 Å². The zero-order valence-corrected chi connectivity index (χ0v) is 12.6. The van der Waals surface area contributed by atoms with Crippen molar-refractivity contribution in [2.24, 2.45) is 5.41 Å². The van der Waals surface area contributed by atoms with Crippen LogP contribution in [0.3, 0.4) is 0 Å². The van der Waals surface area contributed by atoms with Gasteiger partial charge in [-0.1, -0.05) is 6.92 Å². The van der Waals surface area contributed by atoms with Crippen molar-refractivity contribution in [3.05, 3.63) is 0 Å². The van der Waals surface area contributed by atoms with E-state index in [9.17, 15) is 9.59 Å². The number of esters is 2. The number of carbonyl (C=O) groups excluding carboxylic acids is 2. The average Bonchev–Trinajstić information content (AvgIpc) is 2.75. The Morgan fingerprint density at radius 3 is 2.32 bits per heavy atom. The lowest BCUT2D eigenvalue weighted by atomic mass is 9.91. The lowest BCUT2D eigenvalue weighted by Gasteiger charge is -2.24. The van der Waals surface area contributed by atoms with Crippen molar-refractivity contribution >= 4 is 11.9 Å². The van der Waals surface area contributed by atoms with Gasteiger partial charge in [0.2, 0.25) is 0 Å². The van der Waals surface area contributed by atoms with Crippen LogP contribution in [0.5, 0.6) is 0 Å². The molecule has 110 valence electrons. The highest BCUT2D eigenvalue weighted by Crippen LogP contribution is 2.32. The van der Waals surface area contributed by atoms with E-state index >= 15 is 0 Å². The number of hydrogen-bond donors (Lipinski definition) is 0. The summed E-state index contributed by atoms with van der Waals surface area (Å²) >= 11 is 0. The van der Waals surface area contributed by atoms with Crippen molar-refractivity contribution in [1.82, 2.24) is 0 Å². The lowest BCUT2D eigenvalue weighted by Crippen LogP contribution is -2.30. The van der Waals surface area contributed by atoms with Crippen molar-refractivity contribution in [2.75, 3.05) is 6.61 Å². The molecule has 0 bridgehead atoms. The van der Waals surface area contributed by atoms with E-state index in [-0.39, 0.29) is 30.6 Å². The minimum Gasteiger partial charge on any atom is -0.465 e. The Labute approximate surface area is 115 Å². The molecule has 1 fully saturated rings. The minimum atomic E-state index is -0.485. The molecule has 1 rings (SSSR count). The van der Waals surface area contributed by atoms with E-state index in [1.807, 2.05) is 27.7 Å². The van der Waals surface area contributed by atoms with E-state index in [1.165, 1.54) is 0 Å². The SMILES string of the molecule is CCC(C)(C)C(=O)OCCC(=O)OC1(C)CCCC1. The monoisotopic (exact) mass is 270 g/mol. The Morgan fingerprint density at radius 2 is 1.79 bits per heavy atom. The molecule has 4 nitrogen and oxygen atoms in total. The van der Waals surface area contributed by atoms with E-state index in [0.29, 0.717) is 6.42 Å². The zero-order chi connectivity index (χ0) is 14.5. The van der Waals surface area contributed by atoms with E-state index in [0.717, 1.165) is 25.7 Å². The normalized spacial score (nSPS) is 18.1. The number of rotatable bonds is 6. The van der Waals surface area contributed by atoms with Crippen molar-refractivity contribution in [3.63, 3.8) is 0 Å². The quantitative estimate of drug-likeness (QED) is 0.695. The maximum absolute atomic E-state index is 11.7. The Balaban J connectivity index is 2.26. The maximum Gasteiger partial charge on any atom is 0.311 e. The summed E-state index contributed by atoms with van der Waals surface area (Å²) in [5.41, 5.74) is -0.787. The Morgan fingerprint density at radius 1 is 1.21 bits per heavy atom. The molecule has 19 heavy (non-hydrogen) atoms. The van der Waals surface area contributed by atoms with Gasteiger partial charge in [0.15, 0.2) is 0 Å².